The van der Waals surface area contributed by atoms with Gasteiger partial charge >= 0.3 is 0 Å². The quantitative estimate of drug-likeness (QED) is 0.824. The number of nitrogens with zero attached hydrogens (tertiary/aromatic N) is 2. The van der Waals surface area contributed by atoms with Gasteiger partial charge < -0.3 is 10.6 Å². The maximum absolute atomic E-state index is 12.5. The molecule has 0 saturated heterocycles. The van der Waals surface area contributed by atoms with Gasteiger partial charge in [0.25, 0.3) is 0 Å². The van der Waals surface area contributed by atoms with Crippen LogP contribution in [0.2, 0.25) is 0 Å². The fourth-order valence-corrected chi connectivity index (χ4v) is 5.32. The molecule has 0 spiro atoms. The van der Waals surface area contributed by atoms with E-state index in [1.165, 1.54) is 30.6 Å². The summed E-state index contributed by atoms with van der Waals surface area (Å²) in [6, 6.07) is 0.679. The van der Waals surface area contributed by atoms with Gasteiger partial charge in [-0.2, -0.15) is 0 Å². The molecule has 0 aliphatic heterocycles. The van der Waals surface area contributed by atoms with Crippen molar-refractivity contribution in [3.8, 4) is 0 Å². The maximum atomic E-state index is 12.5. The Hall–Kier alpha value is -1.01. The fraction of sp³-hybridized carbons (Fsp3) is 0.833. The van der Waals surface area contributed by atoms with Gasteiger partial charge in [0.05, 0.1) is 5.92 Å². The second-order valence-electron chi connectivity index (χ2n) is 8.09. The van der Waals surface area contributed by atoms with Crippen LogP contribution < -0.4 is 10.6 Å². The molecule has 3 rings (SSSR count). The van der Waals surface area contributed by atoms with E-state index in [9.17, 15) is 4.79 Å². The van der Waals surface area contributed by atoms with Gasteiger partial charge in [0.2, 0.25) is 11.0 Å². The third-order valence-electron chi connectivity index (χ3n) is 6.36. The number of rotatable bonds is 6. The number of carbonyl (C=O) groups is 1. The Balaban J connectivity index is 1.56. The maximum Gasteiger partial charge on any atom is 0.230 e. The highest BCUT2D eigenvalue weighted by Crippen LogP contribution is 2.58. The molecule has 24 heavy (non-hydrogen) atoms. The van der Waals surface area contributed by atoms with Crippen molar-refractivity contribution in [2.24, 2.45) is 23.2 Å². The van der Waals surface area contributed by atoms with E-state index in [0.717, 1.165) is 23.3 Å². The molecule has 1 amide bonds. The van der Waals surface area contributed by atoms with Gasteiger partial charge in [-0.25, -0.2) is 0 Å². The number of nitrogens with one attached hydrogen (secondary N) is 2. The number of fused-ring (bicyclic) bond motifs is 1. The highest BCUT2D eigenvalue weighted by atomic mass is 32.1. The van der Waals surface area contributed by atoms with Crippen LogP contribution in [0.1, 0.15) is 58.9 Å². The first kappa shape index (κ1) is 17.8. The number of anilines is 1. The Kier molecular flexibility index (Phi) is 4.98. The van der Waals surface area contributed by atoms with Gasteiger partial charge in [0.15, 0.2) is 0 Å². The molecular weight excluding hydrogens is 320 g/mol. The Bertz CT molecular complexity index is 600. The molecule has 1 aromatic rings. The predicted octanol–water partition coefficient (Wildman–Crippen LogP) is 3.48. The largest absolute Gasteiger partial charge is 0.310 e. The molecular formula is C18H30N4OS. The van der Waals surface area contributed by atoms with Crippen LogP contribution in [0.25, 0.3) is 0 Å². The topological polar surface area (TPSA) is 66.9 Å². The summed E-state index contributed by atoms with van der Waals surface area (Å²) in [4.78, 5) is 12.5. The van der Waals surface area contributed by atoms with Gasteiger partial charge in [0.1, 0.15) is 5.01 Å². The van der Waals surface area contributed by atoms with Crippen LogP contribution in [0.3, 0.4) is 0 Å². The van der Waals surface area contributed by atoms with Crippen LogP contribution in [0.4, 0.5) is 5.13 Å². The van der Waals surface area contributed by atoms with E-state index in [2.05, 4.69) is 41.6 Å². The molecule has 2 N–H and O–H groups in total. The zero-order valence-corrected chi connectivity index (χ0v) is 16.2. The van der Waals surface area contributed by atoms with Gasteiger partial charge in [-0.1, -0.05) is 45.5 Å². The summed E-state index contributed by atoms with van der Waals surface area (Å²) in [6.07, 6.45) is 4.92. The zero-order chi connectivity index (χ0) is 17.5. The molecule has 3 unspecified atom stereocenters. The monoisotopic (exact) mass is 350 g/mol. The number of carbonyl (C=O) groups excluding carboxylic acids is 1. The Morgan fingerprint density at radius 3 is 2.75 bits per heavy atom. The SMILES string of the molecule is CCc1nnc(NC(=O)C(C)C(C)NC2[C@@H]3CCC[C@@H]3C2(C)C)s1. The van der Waals surface area contributed by atoms with Crippen LogP contribution in [-0.2, 0) is 11.2 Å². The van der Waals surface area contributed by atoms with Crippen molar-refractivity contribution in [2.75, 3.05) is 5.32 Å². The number of hydrogen-bond donors (Lipinski definition) is 2. The summed E-state index contributed by atoms with van der Waals surface area (Å²) in [5, 5.41) is 16.3. The minimum absolute atomic E-state index is 0.0221. The van der Waals surface area contributed by atoms with Crippen LogP contribution in [-0.4, -0.2) is 28.2 Å². The molecule has 5 nitrogen and oxygen atoms in total. The van der Waals surface area contributed by atoms with Crippen molar-refractivity contribution < 1.29 is 4.79 Å². The zero-order valence-electron chi connectivity index (χ0n) is 15.4. The van der Waals surface area contributed by atoms with Crippen LogP contribution in [0.5, 0.6) is 0 Å². The van der Waals surface area contributed by atoms with Gasteiger partial charge in [-0.3, -0.25) is 4.79 Å². The minimum atomic E-state index is -0.102. The molecule has 1 heterocycles. The number of aryl methyl sites for hydroxylation is 1. The Morgan fingerprint density at radius 1 is 1.33 bits per heavy atom. The first-order valence-electron chi connectivity index (χ1n) is 9.23. The van der Waals surface area contributed by atoms with Crippen molar-refractivity contribution in [3.05, 3.63) is 5.01 Å². The average Bonchev–Trinajstić information content (AvgIpc) is 3.19. The summed E-state index contributed by atoms with van der Waals surface area (Å²) in [7, 11) is 0. The molecule has 1 aromatic heterocycles. The second-order valence-corrected chi connectivity index (χ2v) is 9.15. The minimum Gasteiger partial charge on any atom is -0.310 e. The van der Waals surface area contributed by atoms with E-state index in [4.69, 9.17) is 0 Å². The fourth-order valence-electron chi connectivity index (χ4n) is 4.63. The molecule has 2 aliphatic carbocycles. The molecule has 0 aromatic carbocycles. The average molecular weight is 351 g/mol. The van der Waals surface area contributed by atoms with Crippen molar-refractivity contribution in [1.82, 2.24) is 15.5 Å². The second kappa shape index (κ2) is 6.71. The molecule has 2 saturated carbocycles. The lowest BCUT2D eigenvalue weighted by Crippen LogP contribution is -2.64. The number of amides is 1. The van der Waals surface area contributed by atoms with E-state index in [1.54, 1.807) is 0 Å². The lowest BCUT2D eigenvalue weighted by atomic mass is 9.53. The summed E-state index contributed by atoms with van der Waals surface area (Å²) in [6.45, 7) is 10.9. The van der Waals surface area contributed by atoms with E-state index >= 15 is 0 Å². The summed E-state index contributed by atoms with van der Waals surface area (Å²) >= 11 is 1.46. The van der Waals surface area contributed by atoms with Crippen molar-refractivity contribution in [1.29, 1.82) is 0 Å². The van der Waals surface area contributed by atoms with Gasteiger partial charge in [0, 0.05) is 12.1 Å². The molecule has 134 valence electrons. The van der Waals surface area contributed by atoms with Crippen molar-refractivity contribution >= 4 is 22.4 Å². The number of hydrogen-bond acceptors (Lipinski definition) is 5. The standard InChI is InChI=1S/C18H30N4OS/c1-6-14-21-22-17(24-14)20-16(23)10(2)11(3)19-15-12-8-7-9-13(12)18(15,4)5/h10-13,15,19H,6-9H2,1-5H3,(H,20,22,23)/t10?,11?,12-,13+,15?/m1/s1. The van der Waals surface area contributed by atoms with E-state index in [0.29, 0.717) is 16.6 Å². The lowest BCUT2D eigenvalue weighted by molar-refractivity contribution is -0.121. The van der Waals surface area contributed by atoms with Crippen LogP contribution in [0.15, 0.2) is 0 Å². The Morgan fingerprint density at radius 2 is 2.08 bits per heavy atom. The highest BCUT2D eigenvalue weighted by Gasteiger charge is 2.57. The van der Waals surface area contributed by atoms with Gasteiger partial charge in [-0.05, 0) is 43.4 Å². The predicted molar refractivity (Wildman–Crippen MR) is 98.1 cm³/mol. The summed E-state index contributed by atoms with van der Waals surface area (Å²) in [5.41, 5.74) is 0.348. The molecule has 0 radical (unpaired) electrons. The molecule has 6 heteroatoms. The molecule has 2 fully saturated rings. The third kappa shape index (κ3) is 3.10. The van der Waals surface area contributed by atoms with Crippen LogP contribution in [0, 0.1) is 23.2 Å². The molecule has 2 aliphatic rings. The smallest absolute Gasteiger partial charge is 0.230 e. The lowest BCUT2D eigenvalue weighted by Gasteiger charge is -2.57. The van der Waals surface area contributed by atoms with Crippen LogP contribution >= 0.6 is 11.3 Å². The van der Waals surface area contributed by atoms with E-state index in [-0.39, 0.29) is 17.9 Å². The Labute approximate surface area is 149 Å². The molecule has 0 bridgehead atoms. The van der Waals surface area contributed by atoms with E-state index < -0.39 is 0 Å². The normalized spacial score (nSPS) is 30.3. The summed E-state index contributed by atoms with van der Waals surface area (Å²) < 4.78 is 0. The highest BCUT2D eigenvalue weighted by molar-refractivity contribution is 7.15. The van der Waals surface area contributed by atoms with Crippen molar-refractivity contribution in [2.45, 2.75) is 72.4 Å². The third-order valence-corrected chi connectivity index (χ3v) is 7.34. The molecule has 5 atom stereocenters. The first-order valence-corrected chi connectivity index (χ1v) is 10.1. The van der Waals surface area contributed by atoms with Gasteiger partial charge in [-0.15, -0.1) is 10.2 Å². The number of aromatic nitrogens is 2. The summed E-state index contributed by atoms with van der Waals surface area (Å²) in [5.74, 6) is 1.58. The first-order chi connectivity index (χ1) is 11.3. The van der Waals surface area contributed by atoms with Crippen molar-refractivity contribution in [3.63, 3.8) is 0 Å². The van der Waals surface area contributed by atoms with E-state index in [1.807, 2.05) is 13.8 Å².